The Morgan fingerprint density at radius 2 is 1.89 bits per heavy atom. The van der Waals surface area contributed by atoms with E-state index in [2.05, 4.69) is 22.8 Å². The highest BCUT2D eigenvalue weighted by molar-refractivity contribution is 8.01. The van der Waals surface area contributed by atoms with E-state index in [1.807, 2.05) is 36.4 Å². The average molecular weight is 399 g/mol. The quantitative estimate of drug-likeness (QED) is 0.715. The molecular formula is C21H24N3O3S+. The van der Waals surface area contributed by atoms with Gasteiger partial charge in [0.1, 0.15) is 19.6 Å². The first-order chi connectivity index (χ1) is 13.7. The third-order valence-corrected chi connectivity index (χ3v) is 6.24. The second-order valence-corrected chi connectivity index (χ2v) is 8.32. The van der Waals surface area contributed by atoms with Crippen LogP contribution in [0.4, 0.5) is 11.4 Å². The molecule has 1 fully saturated rings. The van der Waals surface area contributed by atoms with Gasteiger partial charge in [0.25, 0.3) is 0 Å². The molecule has 2 aromatic carbocycles. The summed E-state index contributed by atoms with van der Waals surface area (Å²) in [5.41, 5.74) is 2.81. The van der Waals surface area contributed by atoms with Crippen molar-refractivity contribution in [1.82, 2.24) is 0 Å². The van der Waals surface area contributed by atoms with Crippen molar-refractivity contribution in [3.63, 3.8) is 0 Å². The lowest BCUT2D eigenvalue weighted by Crippen LogP contribution is -3.12. The summed E-state index contributed by atoms with van der Waals surface area (Å²) in [5, 5.41) is 5.36. The number of hydrogen-bond donors (Lipinski definition) is 3. The van der Waals surface area contributed by atoms with Crippen LogP contribution in [0.5, 0.6) is 0 Å². The zero-order valence-corrected chi connectivity index (χ0v) is 16.4. The number of carbonyl (C=O) groups is 2. The Morgan fingerprint density at radius 3 is 2.68 bits per heavy atom. The second-order valence-electron chi connectivity index (χ2n) is 7.08. The van der Waals surface area contributed by atoms with Gasteiger partial charge in [0, 0.05) is 22.6 Å². The Balaban J connectivity index is 1.30. The van der Waals surface area contributed by atoms with Crippen LogP contribution in [0.3, 0.4) is 0 Å². The fourth-order valence-electron chi connectivity index (χ4n) is 3.44. The molecule has 0 unspecified atom stereocenters. The largest absolute Gasteiger partial charge is 0.370 e. The van der Waals surface area contributed by atoms with E-state index in [1.54, 1.807) is 0 Å². The zero-order chi connectivity index (χ0) is 19.3. The summed E-state index contributed by atoms with van der Waals surface area (Å²) in [6.45, 7) is 4.67. The Kier molecular flexibility index (Phi) is 5.95. The van der Waals surface area contributed by atoms with Crippen LogP contribution in [-0.2, 0) is 20.9 Å². The minimum Gasteiger partial charge on any atom is -0.370 e. The van der Waals surface area contributed by atoms with Gasteiger partial charge in [-0.15, -0.1) is 11.8 Å². The first-order valence-electron chi connectivity index (χ1n) is 9.54. The molecule has 6 nitrogen and oxygen atoms in total. The van der Waals surface area contributed by atoms with Crippen molar-refractivity contribution in [2.75, 3.05) is 36.9 Å². The fourth-order valence-corrected chi connectivity index (χ4v) is 4.55. The number of quaternary nitrogens is 1. The minimum atomic E-state index is -0.418. The highest BCUT2D eigenvalue weighted by atomic mass is 32.2. The topological polar surface area (TPSA) is 71.9 Å². The summed E-state index contributed by atoms with van der Waals surface area (Å²) < 4.78 is 5.39. The van der Waals surface area contributed by atoms with Gasteiger partial charge in [-0.1, -0.05) is 24.3 Å². The minimum absolute atomic E-state index is 0.123. The van der Waals surface area contributed by atoms with Crippen LogP contribution in [0.25, 0.3) is 0 Å². The van der Waals surface area contributed by atoms with Gasteiger partial charge in [0.05, 0.1) is 24.2 Å². The van der Waals surface area contributed by atoms with Gasteiger partial charge < -0.3 is 20.3 Å². The maximum atomic E-state index is 12.4. The number of hydrogen-bond acceptors (Lipinski definition) is 4. The van der Waals surface area contributed by atoms with Crippen molar-refractivity contribution in [3.05, 3.63) is 54.1 Å². The zero-order valence-electron chi connectivity index (χ0n) is 15.6. The Labute approximate surface area is 168 Å². The highest BCUT2D eigenvalue weighted by Crippen LogP contribution is 2.36. The summed E-state index contributed by atoms with van der Waals surface area (Å²) in [4.78, 5) is 27.2. The van der Waals surface area contributed by atoms with Crippen LogP contribution in [0, 0.1) is 0 Å². The lowest BCUT2D eigenvalue weighted by Gasteiger charge is -2.24. The lowest BCUT2D eigenvalue weighted by atomic mass is 10.1. The molecule has 1 saturated heterocycles. The number of ether oxygens (including phenoxy) is 1. The van der Waals surface area contributed by atoms with Crippen molar-refractivity contribution < 1.29 is 19.2 Å². The molecule has 2 heterocycles. The Bertz CT molecular complexity index is 850. The molecule has 2 aliphatic rings. The van der Waals surface area contributed by atoms with E-state index >= 15 is 0 Å². The maximum Gasteiger partial charge on any atom is 0.238 e. The van der Waals surface area contributed by atoms with Crippen LogP contribution >= 0.6 is 11.8 Å². The van der Waals surface area contributed by atoms with E-state index in [1.165, 1.54) is 22.2 Å². The normalized spacial score (nSPS) is 19.6. The number of amides is 2. The van der Waals surface area contributed by atoms with E-state index in [0.29, 0.717) is 0 Å². The third-order valence-electron chi connectivity index (χ3n) is 4.97. The number of rotatable bonds is 5. The van der Waals surface area contributed by atoms with Crippen LogP contribution < -0.4 is 15.5 Å². The van der Waals surface area contributed by atoms with Gasteiger partial charge in [0.2, 0.25) is 11.8 Å². The van der Waals surface area contributed by atoms with Gasteiger partial charge in [0.15, 0.2) is 0 Å². The molecule has 7 heteroatoms. The summed E-state index contributed by atoms with van der Waals surface area (Å²) in [7, 11) is 0. The highest BCUT2D eigenvalue weighted by Gasteiger charge is 2.28. The van der Waals surface area contributed by atoms with Crippen molar-refractivity contribution in [3.8, 4) is 0 Å². The molecule has 146 valence electrons. The number of benzene rings is 2. The first-order valence-corrected chi connectivity index (χ1v) is 10.4. The van der Waals surface area contributed by atoms with Crippen LogP contribution in [0.15, 0.2) is 53.4 Å². The predicted octanol–water partition coefficient (Wildman–Crippen LogP) is 1.54. The molecule has 2 aliphatic heterocycles. The molecule has 0 saturated carbocycles. The van der Waals surface area contributed by atoms with Gasteiger partial charge >= 0.3 is 0 Å². The molecule has 28 heavy (non-hydrogen) atoms. The van der Waals surface area contributed by atoms with Gasteiger partial charge in [-0.05, 0) is 24.3 Å². The Morgan fingerprint density at radius 1 is 1.14 bits per heavy atom. The number of nitrogens with one attached hydrogen (secondary N) is 3. The van der Waals surface area contributed by atoms with Gasteiger partial charge in [-0.3, -0.25) is 9.59 Å². The third kappa shape index (κ3) is 4.73. The molecule has 4 rings (SSSR count). The monoisotopic (exact) mass is 398 g/mol. The van der Waals surface area contributed by atoms with E-state index in [4.69, 9.17) is 4.74 Å². The summed E-state index contributed by atoms with van der Waals surface area (Å²) >= 11 is 1.44. The fraction of sp³-hybridized carbons (Fsp3) is 0.333. The second kappa shape index (κ2) is 8.77. The van der Waals surface area contributed by atoms with Crippen molar-refractivity contribution in [1.29, 1.82) is 0 Å². The molecule has 0 radical (unpaired) electrons. The molecular weight excluding hydrogens is 374 g/mol. The molecule has 0 bridgehead atoms. The van der Waals surface area contributed by atoms with Crippen LogP contribution in [0.2, 0.25) is 0 Å². The SMILES string of the molecule is O=C(C[C@H]1Sc2ccccc2NC1=O)Nc1ccc(C[NH+]2CCOCC2)cc1. The smallest absolute Gasteiger partial charge is 0.238 e. The van der Waals surface area contributed by atoms with Gasteiger partial charge in [-0.2, -0.15) is 0 Å². The number of carbonyl (C=O) groups excluding carboxylic acids is 2. The molecule has 3 N–H and O–H groups in total. The van der Waals surface area contributed by atoms with E-state index in [-0.39, 0.29) is 18.2 Å². The summed E-state index contributed by atoms with van der Waals surface area (Å²) in [6.07, 6.45) is 0.143. The first kappa shape index (κ1) is 19.0. The number of fused-ring (bicyclic) bond motifs is 1. The van der Waals surface area contributed by atoms with Crippen molar-refractivity contribution in [2.24, 2.45) is 0 Å². The number of thioether (sulfide) groups is 1. The molecule has 2 amide bonds. The summed E-state index contributed by atoms with van der Waals surface area (Å²) in [5.74, 6) is -0.277. The number of para-hydroxylation sites is 1. The molecule has 0 spiro atoms. The molecule has 1 atom stereocenters. The predicted molar refractivity (Wildman–Crippen MR) is 110 cm³/mol. The van der Waals surface area contributed by atoms with E-state index in [0.717, 1.165) is 49.1 Å². The molecule has 0 aliphatic carbocycles. The van der Waals surface area contributed by atoms with E-state index in [9.17, 15) is 9.59 Å². The van der Waals surface area contributed by atoms with Crippen molar-refractivity contribution in [2.45, 2.75) is 23.1 Å². The van der Waals surface area contributed by atoms with Crippen molar-refractivity contribution >= 4 is 35.0 Å². The standard InChI is InChI=1S/C21H23N3O3S/c25-20(13-19-21(26)23-17-3-1-2-4-18(17)28-19)22-16-7-5-15(6-8-16)14-24-9-11-27-12-10-24/h1-8,19H,9-14H2,(H,22,25)(H,23,26)/p+1/t19-/m1/s1. The van der Waals surface area contributed by atoms with Gasteiger partial charge in [-0.25, -0.2) is 0 Å². The van der Waals surface area contributed by atoms with E-state index < -0.39 is 5.25 Å². The molecule has 2 aromatic rings. The maximum absolute atomic E-state index is 12.4. The lowest BCUT2D eigenvalue weighted by molar-refractivity contribution is -0.921. The number of morpholine rings is 1. The molecule has 0 aromatic heterocycles. The number of anilines is 2. The average Bonchev–Trinajstić information content (AvgIpc) is 2.71. The van der Waals surface area contributed by atoms with Crippen LogP contribution in [0.1, 0.15) is 12.0 Å². The Hall–Kier alpha value is -2.35. The van der Waals surface area contributed by atoms with Crippen LogP contribution in [-0.4, -0.2) is 43.4 Å². The summed E-state index contributed by atoms with van der Waals surface area (Å²) in [6, 6.07) is 15.6.